The molecule has 3 aromatic carbocycles. The van der Waals surface area contributed by atoms with Crippen LogP contribution in [-0.4, -0.2) is 30.6 Å². The first-order chi connectivity index (χ1) is 16.8. The quantitative estimate of drug-likeness (QED) is 0.318. The molecule has 0 aliphatic rings. The van der Waals surface area contributed by atoms with Crippen LogP contribution in [0.1, 0.15) is 29.2 Å². The van der Waals surface area contributed by atoms with E-state index in [2.05, 4.69) is 5.32 Å². The van der Waals surface area contributed by atoms with Gasteiger partial charge in [-0.25, -0.2) is 12.7 Å². The average molecular weight is 522 g/mol. The van der Waals surface area contributed by atoms with Crippen molar-refractivity contribution in [2.24, 2.45) is 0 Å². The van der Waals surface area contributed by atoms with Gasteiger partial charge in [-0.3, -0.25) is 14.9 Å². The first kappa shape index (κ1) is 26.7. The zero-order chi connectivity index (χ0) is 26.7. The number of nitrogens with one attached hydrogen (secondary N) is 1. The summed E-state index contributed by atoms with van der Waals surface area (Å²) in [4.78, 5) is 23.3. The molecular weight excluding hydrogens is 499 g/mol. The van der Waals surface area contributed by atoms with E-state index < -0.39 is 45.1 Å². The van der Waals surface area contributed by atoms with Crippen molar-refractivity contribution in [1.82, 2.24) is 4.31 Å². The topological polar surface area (TPSA) is 110 Å². The minimum absolute atomic E-state index is 0.0324. The van der Waals surface area contributed by atoms with E-state index in [4.69, 9.17) is 0 Å². The summed E-state index contributed by atoms with van der Waals surface area (Å²) in [6, 6.07) is 14.3. The lowest BCUT2D eigenvalue weighted by Gasteiger charge is -2.24. The summed E-state index contributed by atoms with van der Waals surface area (Å²) in [6.45, 7) is 1.78. The summed E-state index contributed by atoms with van der Waals surface area (Å²) in [5.41, 5.74) is 0.0614. The van der Waals surface area contributed by atoms with Crippen LogP contribution in [0.2, 0.25) is 0 Å². The van der Waals surface area contributed by atoms with Gasteiger partial charge in [0.1, 0.15) is 0 Å². The second-order valence-corrected chi connectivity index (χ2v) is 9.98. The van der Waals surface area contributed by atoms with E-state index in [-0.39, 0.29) is 16.3 Å². The summed E-state index contributed by atoms with van der Waals surface area (Å²) in [7, 11) is -3.09. The normalized spacial score (nSPS) is 12.6. The van der Waals surface area contributed by atoms with Crippen molar-refractivity contribution in [3.05, 3.63) is 99.6 Å². The number of benzene rings is 3. The number of rotatable bonds is 8. The molecule has 3 aromatic rings. The maximum atomic E-state index is 13.2. The lowest BCUT2D eigenvalue weighted by atomic mass is 10.0. The minimum atomic E-state index is -4.60. The van der Waals surface area contributed by atoms with E-state index in [0.717, 1.165) is 24.7 Å². The van der Waals surface area contributed by atoms with E-state index in [9.17, 15) is 36.5 Å². The Morgan fingerprint density at radius 2 is 1.67 bits per heavy atom. The second-order valence-electron chi connectivity index (χ2n) is 8.01. The number of alkyl halides is 3. The summed E-state index contributed by atoms with van der Waals surface area (Å²) < 4.78 is 65.9. The van der Waals surface area contributed by atoms with Gasteiger partial charge in [0.05, 0.1) is 27.8 Å². The third-order valence-electron chi connectivity index (χ3n) is 5.45. The highest BCUT2D eigenvalue weighted by atomic mass is 32.2. The van der Waals surface area contributed by atoms with E-state index in [1.165, 1.54) is 48.5 Å². The molecule has 0 saturated heterocycles. The monoisotopic (exact) mass is 521 g/mol. The number of amides is 1. The van der Waals surface area contributed by atoms with Crippen molar-refractivity contribution >= 4 is 27.3 Å². The number of carbonyl (C=O) groups excluding carboxylic acids is 1. The molecule has 0 aliphatic carbocycles. The number of nitrogens with zero attached hydrogens (tertiary/aromatic N) is 2. The number of sulfonamides is 1. The molecule has 1 atom stereocenters. The predicted octanol–water partition coefficient (Wildman–Crippen LogP) is 5.31. The molecule has 0 bridgehead atoms. The van der Waals surface area contributed by atoms with Gasteiger partial charge in [-0.15, -0.1) is 0 Å². The number of hydrogen-bond acceptors (Lipinski definition) is 6. The summed E-state index contributed by atoms with van der Waals surface area (Å²) in [5, 5.41) is 13.8. The van der Waals surface area contributed by atoms with Gasteiger partial charge in [-0.2, -0.15) is 13.2 Å². The molecule has 36 heavy (non-hydrogen) atoms. The van der Waals surface area contributed by atoms with Crippen molar-refractivity contribution < 1.29 is 31.3 Å². The van der Waals surface area contributed by atoms with Gasteiger partial charge in [-0.05, 0) is 42.8 Å². The van der Waals surface area contributed by atoms with Crippen LogP contribution in [0.15, 0.2) is 77.7 Å². The molecule has 0 radical (unpaired) electrons. The first-order valence-electron chi connectivity index (χ1n) is 10.6. The molecule has 0 aliphatic heterocycles. The number of carbonyl (C=O) groups is 1. The Labute approximate surface area is 205 Å². The van der Waals surface area contributed by atoms with E-state index in [1.54, 1.807) is 19.1 Å². The van der Waals surface area contributed by atoms with Crippen molar-refractivity contribution in [2.75, 3.05) is 12.4 Å². The molecule has 3 rings (SSSR count). The van der Waals surface area contributed by atoms with Crippen molar-refractivity contribution in [3.63, 3.8) is 0 Å². The Kier molecular flexibility index (Phi) is 7.68. The Bertz CT molecular complexity index is 1360. The maximum absolute atomic E-state index is 13.2. The van der Waals surface area contributed by atoms with Gasteiger partial charge < -0.3 is 5.32 Å². The van der Waals surface area contributed by atoms with Crippen LogP contribution in [-0.2, 0) is 21.0 Å². The van der Waals surface area contributed by atoms with E-state index in [1.807, 2.05) is 0 Å². The third kappa shape index (κ3) is 6.19. The lowest BCUT2D eigenvalue weighted by molar-refractivity contribution is -0.384. The molecule has 8 nitrogen and oxygen atoms in total. The van der Waals surface area contributed by atoms with Crippen molar-refractivity contribution in [2.45, 2.75) is 30.5 Å². The molecule has 0 fully saturated rings. The van der Waals surface area contributed by atoms with Gasteiger partial charge in [-0.1, -0.05) is 35.9 Å². The zero-order valence-electron chi connectivity index (χ0n) is 19.2. The number of non-ortho nitro benzene ring substituents is 1. The number of hydrogen-bond donors (Lipinski definition) is 1. The SMILES string of the molecule is Cc1ccc(S(=O)(=O)N(C)C(=O)C[C@H](Nc2cccc(C(F)(F)F)c2)c2ccc([N+](=O)[O-])cc2)cc1. The third-order valence-corrected chi connectivity index (χ3v) is 7.24. The van der Waals surface area contributed by atoms with Crippen LogP contribution in [0.5, 0.6) is 0 Å². The van der Waals surface area contributed by atoms with Gasteiger partial charge in [0.25, 0.3) is 15.7 Å². The van der Waals surface area contributed by atoms with Gasteiger partial charge >= 0.3 is 6.18 Å². The number of aryl methyl sites for hydroxylation is 1. The fourth-order valence-corrected chi connectivity index (χ4v) is 4.51. The molecule has 1 N–H and O–H groups in total. The number of halogens is 3. The first-order valence-corrected chi connectivity index (χ1v) is 12.0. The lowest BCUT2D eigenvalue weighted by Crippen LogP contribution is -2.35. The van der Waals surface area contributed by atoms with E-state index >= 15 is 0 Å². The van der Waals surface area contributed by atoms with Crippen LogP contribution >= 0.6 is 0 Å². The Balaban J connectivity index is 1.92. The average Bonchev–Trinajstić information content (AvgIpc) is 2.83. The second kappa shape index (κ2) is 10.4. The summed E-state index contributed by atoms with van der Waals surface area (Å²) in [5.74, 6) is -0.835. The largest absolute Gasteiger partial charge is 0.416 e. The molecule has 1 amide bonds. The van der Waals surface area contributed by atoms with E-state index in [0.29, 0.717) is 9.87 Å². The molecule has 190 valence electrons. The molecule has 0 unspecified atom stereocenters. The number of nitro benzene ring substituents is 1. The molecule has 0 heterocycles. The van der Waals surface area contributed by atoms with Crippen LogP contribution in [0.25, 0.3) is 0 Å². The molecule has 0 aromatic heterocycles. The van der Waals surface area contributed by atoms with Gasteiger partial charge in [0.15, 0.2) is 0 Å². The highest BCUT2D eigenvalue weighted by Crippen LogP contribution is 2.32. The minimum Gasteiger partial charge on any atom is -0.378 e. The Morgan fingerprint density at radius 1 is 1.06 bits per heavy atom. The zero-order valence-corrected chi connectivity index (χ0v) is 20.0. The summed E-state index contributed by atoms with van der Waals surface area (Å²) >= 11 is 0. The smallest absolute Gasteiger partial charge is 0.378 e. The summed E-state index contributed by atoms with van der Waals surface area (Å²) in [6.07, 6.45) is -5.06. The standard InChI is InChI=1S/C24H22F3N3O5S/c1-16-6-12-21(13-7-16)36(34,35)29(2)23(31)15-22(17-8-10-20(11-9-17)30(32)33)28-19-5-3-4-18(14-19)24(25,26)27/h3-14,22,28H,15H2,1-2H3/t22-/m0/s1. The number of nitro groups is 1. The van der Waals surface area contributed by atoms with Crippen LogP contribution in [0.3, 0.4) is 0 Å². The van der Waals surface area contributed by atoms with Crippen molar-refractivity contribution in [1.29, 1.82) is 0 Å². The molecule has 0 saturated carbocycles. The Hall–Kier alpha value is -3.93. The van der Waals surface area contributed by atoms with Crippen LogP contribution in [0.4, 0.5) is 24.5 Å². The Morgan fingerprint density at radius 3 is 2.22 bits per heavy atom. The van der Waals surface area contributed by atoms with Crippen LogP contribution in [0, 0.1) is 17.0 Å². The molecule has 12 heteroatoms. The highest BCUT2D eigenvalue weighted by molar-refractivity contribution is 7.89. The number of anilines is 1. The fourth-order valence-electron chi connectivity index (χ4n) is 3.37. The van der Waals surface area contributed by atoms with Gasteiger partial charge in [0, 0.05) is 24.9 Å². The molecular formula is C24H22F3N3O5S. The predicted molar refractivity (Wildman–Crippen MR) is 127 cm³/mol. The van der Waals surface area contributed by atoms with Gasteiger partial charge in [0.2, 0.25) is 5.91 Å². The maximum Gasteiger partial charge on any atom is 0.416 e. The highest BCUT2D eigenvalue weighted by Gasteiger charge is 2.31. The fraction of sp³-hybridized carbons (Fsp3) is 0.208. The van der Waals surface area contributed by atoms with Crippen LogP contribution < -0.4 is 5.32 Å². The van der Waals surface area contributed by atoms with Crippen molar-refractivity contribution in [3.8, 4) is 0 Å². The molecule has 0 spiro atoms.